The number of carbonyl (C=O) groups excluding carboxylic acids is 1. The molecule has 1 aliphatic rings. The third kappa shape index (κ3) is 5.02. The fourth-order valence-electron chi connectivity index (χ4n) is 3.80. The lowest BCUT2D eigenvalue weighted by atomic mass is 10.1. The maximum atomic E-state index is 13.2. The van der Waals surface area contributed by atoms with Crippen molar-refractivity contribution in [2.75, 3.05) is 43.5 Å². The topological polar surface area (TPSA) is 57.7 Å². The summed E-state index contributed by atoms with van der Waals surface area (Å²) in [6.45, 7) is 2.25. The van der Waals surface area contributed by atoms with Crippen LogP contribution in [-0.2, 0) is 6.18 Å². The Morgan fingerprint density at radius 1 is 1.00 bits per heavy atom. The van der Waals surface area contributed by atoms with Crippen LogP contribution in [-0.4, -0.2) is 49.1 Å². The van der Waals surface area contributed by atoms with E-state index in [0.29, 0.717) is 31.7 Å². The minimum atomic E-state index is -4.46. The molecule has 0 bridgehead atoms. The van der Waals surface area contributed by atoms with Gasteiger partial charge in [-0.15, -0.1) is 0 Å². The molecule has 0 unspecified atom stereocenters. The number of nitrogens with zero attached hydrogens (tertiary/aromatic N) is 3. The van der Waals surface area contributed by atoms with E-state index >= 15 is 0 Å². The molecule has 0 radical (unpaired) electrons. The minimum Gasteiger partial charge on any atom is -0.495 e. The number of amides is 1. The Morgan fingerprint density at radius 3 is 2.48 bits per heavy atom. The van der Waals surface area contributed by atoms with E-state index in [4.69, 9.17) is 4.74 Å². The van der Waals surface area contributed by atoms with Gasteiger partial charge in [0, 0.05) is 38.1 Å². The summed E-state index contributed by atoms with van der Waals surface area (Å²) in [6.07, 6.45) is -2.96. The largest absolute Gasteiger partial charge is 0.495 e. The molecule has 2 heterocycles. The summed E-state index contributed by atoms with van der Waals surface area (Å²) in [5.74, 6) is 0.767. The Hall–Kier alpha value is -3.75. The Labute approximate surface area is 189 Å². The van der Waals surface area contributed by atoms with Crippen molar-refractivity contribution in [1.29, 1.82) is 0 Å². The maximum Gasteiger partial charge on any atom is 0.416 e. The number of halogens is 3. The molecule has 1 N–H and O–H groups in total. The van der Waals surface area contributed by atoms with E-state index in [1.165, 1.54) is 18.3 Å². The first-order chi connectivity index (χ1) is 15.9. The number of benzene rings is 2. The molecule has 0 atom stereocenters. The Balaban J connectivity index is 1.48. The summed E-state index contributed by atoms with van der Waals surface area (Å²) in [5.41, 5.74) is 0.711. The predicted octanol–water partition coefficient (Wildman–Crippen LogP) is 4.82. The minimum absolute atomic E-state index is 0.207. The van der Waals surface area contributed by atoms with Crippen molar-refractivity contribution in [3.05, 3.63) is 78.0 Å². The number of piperazine rings is 1. The number of pyridine rings is 1. The highest BCUT2D eigenvalue weighted by molar-refractivity contribution is 5.99. The van der Waals surface area contributed by atoms with Crippen LogP contribution in [0.5, 0.6) is 5.75 Å². The molecule has 1 amide bonds. The highest BCUT2D eigenvalue weighted by Gasteiger charge is 2.31. The molecule has 0 saturated carbocycles. The van der Waals surface area contributed by atoms with Crippen LogP contribution >= 0.6 is 0 Å². The van der Waals surface area contributed by atoms with Crippen molar-refractivity contribution in [1.82, 2.24) is 9.88 Å². The third-order valence-electron chi connectivity index (χ3n) is 5.48. The van der Waals surface area contributed by atoms with Crippen molar-refractivity contribution in [3.8, 4) is 5.75 Å². The number of anilines is 3. The quantitative estimate of drug-likeness (QED) is 0.597. The van der Waals surface area contributed by atoms with Gasteiger partial charge in [-0.25, -0.2) is 4.98 Å². The van der Waals surface area contributed by atoms with Crippen molar-refractivity contribution in [2.24, 2.45) is 0 Å². The van der Waals surface area contributed by atoms with E-state index in [-0.39, 0.29) is 17.4 Å². The highest BCUT2D eigenvalue weighted by atomic mass is 19.4. The smallest absolute Gasteiger partial charge is 0.416 e. The number of alkyl halides is 3. The first-order valence-corrected chi connectivity index (χ1v) is 10.4. The molecule has 6 nitrogen and oxygen atoms in total. The van der Waals surface area contributed by atoms with Crippen LogP contribution in [0.25, 0.3) is 0 Å². The number of hydrogen-bond donors (Lipinski definition) is 1. The number of aromatic nitrogens is 1. The first kappa shape index (κ1) is 22.4. The van der Waals surface area contributed by atoms with Gasteiger partial charge in [0.1, 0.15) is 11.6 Å². The molecule has 9 heteroatoms. The van der Waals surface area contributed by atoms with Crippen LogP contribution in [0, 0.1) is 0 Å². The zero-order valence-electron chi connectivity index (χ0n) is 18.0. The molecule has 1 aromatic heterocycles. The summed E-state index contributed by atoms with van der Waals surface area (Å²) in [6, 6.07) is 15.8. The van der Waals surface area contributed by atoms with Gasteiger partial charge in [0.2, 0.25) is 0 Å². The number of nitrogens with one attached hydrogen (secondary N) is 1. The first-order valence-electron chi connectivity index (χ1n) is 10.4. The van der Waals surface area contributed by atoms with Crippen LogP contribution in [0.15, 0.2) is 66.9 Å². The van der Waals surface area contributed by atoms with Gasteiger partial charge >= 0.3 is 6.18 Å². The third-order valence-corrected chi connectivity index (χ3v) is 5.48. The van der Waals surface area contributed by atoms with Crippen LogP contribution in [0.4, 0.5) is 30.4 Å². The van der Waals surface area contributed by atoms with Gasteiger partial charge in [-0.1, -0.05) is 18.2 Å². The SMILES string of the molecule is COc1ccccc1N1CCN(C(=O)c2cccnc2Nc2cccc(C(F)(F)F)c2)CC1. The number of methoxy groups -OCH3 is 1. The molecule has 1 saturated heterocycles. The van der Waals surface area contributed by atoms with Crippen molar-refractivity contribution < 1.29 is 22.7 Å². The van der Waals surface area contributed by atoms with Crippen molar-refractivity contribution in [3.63, 3.8) is 0 Å². The fourth-order valence-corrected chi connectivity index (χ4v) is 3.80. The second kappa shape index (κ2) is 9.40. The zero-order chi connectivity index (χ0) is 23.4. The van der Waals surface area contributed by atoms with Gasteiger partial charge in [-0.05, 0) is 42.5 Å². The van der Waals surface area contributed by atoms with Crippen molar-refractivity contribution in [2.45, 2.75) is 6.18 Å². The summed E-state index contributed by atoms with van der Waals surface area (Å²) in [7, 11) is 1.62. The van der Waals surface area contributed by atoms with Crippen LogP contribution in [0.3, 0.4) is 0 Å². The lowest BCUT2D eigenvalue weighted by molar-refractivity contribution is -0.137. The zero-order valence-corrected chi connectivity index (χ0v) is 18.0. The predicted molar refractivity (Wildman–Crippen MR) is 120 cm³/mol. The maximum absolute atomic E-state index is 13.2. The molecule has 0 spiro atoms. The molecule has 2 aromatic carbocycles. The second-order valence-corrected chi connectivity index (χ2v) is 7.55. The van der Waals surface area contributed by atoms with Gasteiger partial charge in [0.15, 0.2) is 0 Å². The van der Waals surface area contributed by atoms with E-state index in [2.05, 4.69) is 15.2 Å². The molecule has 172 valence electrons. The van der Waals surface area contributed by atoms with E-state index in [0.717, 1.165) is 23.6 Å². The summed E-state index contributed by atoms with van der Waals surface area (Å²) < 4.78 is 44.6. The fraction of sp³-hybridized carbons (Fsp3) is 0.250. The average Bonchev–Trinajstić information content (AvgIpc) is 2.84. The Morgan fingerprint density at radius 2 is 1.76 bits per heavy atom. The number of ether oxygens (including phenoxy) is 1. The molecule has 1 fully saturated rings. The number of carbonyl (C=O) groups is 1. The summed E-state index contributed by atoms with van der Waals surface area (Å²) in [4.78, 5) is 21.3. The molecular formula is C24H23F3N4O2. The molecule has 33 heavy (non-hydrogen) atoms. The van der Waals surface area contributed by atoms with Gasteiger partial charge in [0.25, 0.3) is 5.91 Å². The van der Waals surface area contributed by atoms with Gasteiger partial charge in [-0.2, -0.15) is 13.2 Å². The van der Waals surface area contributed by atoms with E-state index in [1.807, 2.05) is 24.3 Å². The van der Waals surface area contributed by atoms with Gasteiger partial charge < -0.3 is 19.9 Å². The average molecular weight is 456 g/mol. The Kier molecular flexibility index (Phi) is 6.39. The molecular weight excluding hydrogens is 433 g/mol. The number of hydrogen-bond acceptors (Lipinski definition) is 5. The molecule has 1 aliphatic heterocycles. The monoisotopic (exact) mass is 456 g/mol. The molecule has 0 aliphatic carbocycles. The Bertz CT molecular complexity index is 1130. The number of rotatable bonds is 5. The normalized spacial score (nSPS) is 14.2. The van der Waals surface area contributed by atoms with Crippen LogP contribution in [0.2, 0.25) is 0 Å². The van der Waals surface area contributed by atoms with Gasteiger partial charge in [0.05, 0.1) is 23.9 Å². The standard InChI is InChI=1S/C24H23F3N4O2/c1-33-21-10-3-2-9-20(21)30-12-14-31(15-13-30)23(32)19-8-5-11-28-22(19)29-18-7-4-6-17(16-18)24(25,26)27/h2-11,16H,12-15H2,1H3,(H,28,29). The second-order valence-electron chi connectivity index (χ2n) is 7.55. The van der Waals surface area contributed by atoms with Gasteiger partial charge in [-0.3, -0.25) is 4.79 Å². The highest BCUT2D eigenvalue weighted by Crippen LogP contribution is 2.32. The van der Waals surface area contributed by atoms with E-state index in [9.17, 15) is 18.0 Å². The lowest BCUT2D eigenvalue weighted by Crippen LogP contribution is -2.49. The van der Waals surface area contributed by atoms with Crippen molar-refractivity contribution >= 4 is 23.1 Å². The molecule has 4 rings (SSSR count). The van der Waals surface area contributed by atoms with E-state index in [1.54, 1.807) is 24.1 Å². The van der Waals surface area contributed by atoms with Crippen LogP contribution in [0.1, 0.15) is 15.9 Å². The lowest BCUT2D eigenvalue weighted by Gasteiger charge is -2.36. The van der Waals surface area contributed by atoms with Crippen LogP contribution < -0.4 is 15.0 Å². The summed E-state index contributed by atoms with van der Waals surface area (Å²) >= 11 is 0. The van der Waals surface area contributed by atoms with E-state index < -0.39 is 11.7 Å². The summed E-state index contributed by atoms with van der Waals surface area (Å²) in [5, 5.41) is 2.87. The molecule has 3 aromatic rings. The number of para-hydroxylation sites is 2.